The van der Waals surface area contributed by atoms with E-state index in [0.29, 0.717) is 0 Å². The van der Waals surface area contributed by atoms with Gasteiger partial charge >= 0.3 is 0 Å². The van der Waals surface area contributed by atoms with Gasteiger partial charge in [0, 0.05) is 10.9 Å². The number of aromatic nitrogens is 1. The highest BCUT2D eigenvalue weighted by Crippen LogP contribution is 2.28. The van der Waals surface area contributed by atoms with Crippen LogP contribution < -0.4 is 5.73 Å². The zero-order valence-corrected chi connectivity index (χ0v) is 12.8. The maximum absolute atomic E-state index is 5.85. The van der Waals surface area contributed by atoms with Crippen molar-refractivity contribution in [3.05, 3.63) is 39.2 Å². The lowest BCUT2D eigenvalue weighted by Gasteiger charge is -2.07. The largest absolute Gasteiger partial charge is 0.322 e. The van der Waals surface area contributed by atoms with Crippen LogP contribution in [0.1, 0.15) is 34.7 Å². The summed E-state index contributed by atoms with van der Waals surface area (Å²) < 4.78 is 0. The number of halogens is 1. The Morgan fingerprint density at radius 3 is 2.28 bits per heavy atom. The number of hydrogen-bond acceptors (Lipinski definition) is 3. The van der Waals surface area contributed by atoms with Crippen molar-refractivity contribution < 1.29 is 0 Å². The molecule has 2 rings (SSSR count). The number of thiazole rings is 1. The number of hydrogen-bond donors (Lipinski definition) is 1. The standard InChI is InChI=1S/C14H18N2S.ClH/c1-8-5-10(3)12(6-9(8)2)13-7-17-14(16-13)11(4)15;/h5-7,11H,15H2,1-4H3;1H. The quantitative estimate of drug-likeness (QED) is 0.897. The van der Waals surface area contributed by atoms with E-state index in [1.807, 2.05) is 6.92 Å². The summed E-state index contributed by atoms with van der Waals surface area (Å²) in [6.07, 6.45) is 0. The van der Waals surface area contributed by atoms with Gasteiger partial charge in [-0.05, 0) is 50.5 Å². The van der Waals surface area contributed by atoms with Gasteiger partial charge in [0.05, 0.1) is 11.7 Å². The van der Waals surface area contributed by atoms with Gasteiger partial charge in [-0.3, -0.25) is 0 Å². The Balaban J connectivity index is 0.00000162. The molecule has 0 bridgehead atoms. The van der Waals surface area contributed by atoms with Gasteiger partial charge in [0.1, 0.15) is 5.01 Å². The van der Waals surface area contributed by atoms with Crippen LogP contribution in [-0.4, -0.2) is 4.98 Å². The van der Waals surface area contributed by atoms with Crippen molar-refractivity contribution in [2.45, 2.75) is 33.7 Å². The molecular weight excluding hydrogens is 264 g/mol. The molecule has 0 aliphatic carbocycles. The Labute approximate surface area is 119 Å². The van der Waals surface area contributed by atoms with Crippen LogP contribution in [0.2, 0.25) is 0 Å². The molecule has 0 aliphatic heterocycles. The van der Waals surface area contributed by atoms with E-state index in [2.05, 4.69) is 43.3 Å². The first kappa shape index (κ1) is 15.2. The summed E-state index contributed by atoms with van der Waals surface area (Å²) in [5, 5.41) is 3.09. The normalized spacial score (nSPS) is 12.1. The first-order valence-electron chi connectivity index (χ1n) is 5.78. The molecular formula is C14H19ClN2S. The molecule has 0 radical (unpaired) electrons. The summed E-state index contributed by atoms with van der Waals surface area (Å²) in [4.78, 5) is 4.61. The highest BCUT2D eigenvalue weighted by molar-refractivity contribution is 7.10. The Morgan fingerprint density at radius 1 is 1.11 bits per heavy atom. The van der Waals surface area contributed by atoms with Crippen LogP contribution in [0, 0.1) is 20.8 Å². The maximum atomic E-state index is 5.85. The second-order valence-corrected chi connectivity index (χ2v) is 5.50. The lowest BCUT2D eigenvalue weighted by atomic mass is 9.99. The molecule has 1 atom stereocenters. The second kappa shape index (κ2) is 5.83. The van der Waals surface area contributed by atoms with Crippen LogP contribution in [0.25, 0.3) is 11.3 Å². The topological polar surface area (TPSA) is 38.9 Å². The zero-order chi connectivity index (χ0) is 12.6. The molecule has 1 aromatic heterocycles. The molecule has 1 aromatic carbocycles. The molecule has 0 spiro atoms. The van der Waals surface area contributed by atoms with Crippen molar-refractivity contribution in [3.8, 4) is 11.3 Å². The summed E-state index contributed by atoms with van der Waals surface area (Å²) in [6, 6.07) is 4.45. The van der Waals surface area contributed by atoms with E-state index in [-0.39, 0.29) is 18.4 Å². The van der Waals surface area contributed by atoms with Crippen molar-refractivity contribution in [1.82, 2.24) is 4.98 Å². The highest BCUT2D eigenvalue weighted by atomic mass is 35.5. The van der Waals surface area contributed by atoms with Crippen LogP contribution in [0.15, 0.2) is 17.5 Å². The Bertz CT molecular complexity index is 547. The molecule has 18 heavy (non-hydrogen) atoms. The SMILES string of the molecule is Cc1cc(C)c(-c2csc(C(C)N)n2)cc1C.Cl. The number of rotatable bonds is 2. The van der Waals surface area contributed by atoms with Crippen LogP contribution in [0.5, 0.6) is 0 Å². The zero-order valence-electron chi connectivity index (χ0n) is 11.2. The third-order valence-electron chi connectivity index (χ3n) is 3.03. The van der Waals surface area contributed by atoms with Gasteiger partial charge in [0.2, 0.25) is 0 Å². The third-order valence-corrected chi connectivity index (χ3v) is 4.07. The number of nitrogens with zero attached hydrogens (tertiary/aromatic N) is 1. The summed E-state index contributed by atoms with van der Waals surface area (Å²) in [5.41, 5.74) is 12.0. The minimum absolute atomic E-state index is 0. The highest BCUT2D eigenvalue weighted by Gasteiger charge is 2.10. The van der Waals surface area contributed by atoms with Crippen molar-refractivity contribution in [1.29, 1.82) is 0 Å². The molecule has 0 saturated carbocycles. The van der Waals surface area contributed by atoms with Gasteiger partial charge < -0.3 is 5.73 Å². The summed E-state index contributed by atoms with van der Waals surface area (Å²) >= 11 is 1.64. The fraction of sp³-hybridized carbons (Fsp3) is 0.357. The molecule has 1 unspecified atom stereocenters. The minimum Gasteiger partial charge on any atom is -0.322 e. The van der Waals surface area contributed by atoms with Crippen molar-refractivity contribution in [2.24, 2.45) is 5.73 Å². The van der Waals surface area contributed by atoms with Crippen molar-refractivity contribution >= 4 is 23.7 Å². The van der Waals surface area contributed by atoms with E-state index < -0.39 is 0 Å². The van der Waals surface area contributed by atoms with E-state index in [9.17, 15) is 0 Å². The number of aryl methyl sites for hydroxylation is 3. The van der Waals surface area contributed by atoms with Gasteiger partial charge in [-0.25, -0.2) is 4.98 Å². The van der Waals surface area contributed by atoms with Crippen molar-refractivity contribution in [2.75, 3.05) is 0 Å². The predicted molar refractivity (Wildman–Crippen MR) is 81.6 cm³/mol. The third kappa shape index (κ3) is 2.91. The first-order chi connectivity index (χ1) is 7.99. The lowest BCUT2D eigenvalue weighted by Crippen LogP contribution is -2.04. The molecule has 4 heteroatoms. The average molecular weight is 283 g/mol. The van der Waals surface area contributed by atoms with E-state index in [1.54, 1.807) is 11.3 Å². The van der Waals surface area contributed by atoms with E-state index >= 15 is 0 Å². The van der Waals surface area contributed by atoms with Gasteiger partial charge in [-0.2, -0.15) is 0 Å². The van der Waals surface area contributed by atoms with E-state index in [4.69, 9.17) is 5.73 Å². The summed E-state index contributed by atoms with van der Waals surface area (Å²) in [6.45, 7) is 8.38. The maximum Gasteiger partial charge on any atom is 0.110 e. The Hall–Kier alpha value is -0.900. The van der Waals surface area contributed by atoms with Gasteiger partial charge in [-0.1, -0.05) is 6.07 Å². The van der Waals surface area contributed by atoms with Crippen LogP contribution in [-0.2, 0) is 0 Å². The molecule has 2 N–H and O–H groups in total. The molecule has 2 nitrogen and oxygen atoms in total. The summed E-state index contributed by atoms with van der Waals surface area (Å²) in [5.74, 6) is 0. The molecule has 98 valence electrons. The molecule has 0 amide bonds. The molecule has 0 saturated heterocycles. The average Bonchev–Trinajstić information content (AvgIpc) is 2.72. The first-order valence-corrected chi connectivity index (χ1v) is 6.66. The van der Waals surface area contributed by atoms with Crippen LogP contribution in [0.4, 0.5) is 0 Å². The smallest absolute Gasteiger partial charge is 0.110 e. The van der Waals surface area contributed by atoms with Crippen LogP contribution >= 0.6 is 23.7 Å². The fourth-order valence-corrected chi connectivity index (χ4v) is 2.63. The summed E-state index contributed by atoms with van der Waals surface area (Å²) in [7, 11) is 0. The number of nitrogens with two attached hydrogens (primary N) is 1. The molecule has 1 heterocycles. The van der Waals surface area contributed by atoms with Crippen LogP contribution in [0.3, 0.4) is 0 Å². The molecule has 0 fully saturated rings. The molecule has 0 aliphatic rings. The van der Waals surface area contributed by atoms with Gasteiger partial charge in [0.15, 0.2) is 0 Å². The second-order valence-electron chi connectivity index (χ2n) is 4.61. The molecule has 2 aromatic rings. The Morgan fingerprint density at radius 2 is 1.72 bits per heavy atom. The lowest BCUT2D eigenvalue weighted by molar-refractivity contribution is 0.808. The Kier molecular flexibility index (Phi) is 4.91. The minimum atomic E-state index is 0. The van der Waals surface area contributed by atoms with Crippen molar-refractivity contribution in [3.63, 3.8) is 0 Å². The monoisotopic (exact) mass is 282 g/mol. The van der Waals surface area contributed by atoms with E-state index in [1.165, 1.54) is 22.3 Å². The van der Waals surface area contributed by atoms with Gasteiger partial charge in [-0.15, -0.1) is 23.7 Å². The van der Waals surface area contributed by atoms with E-state index in [0.717, 1.165) is 10.7 Å². The number of benzene rings is 1. The fourth-order valence-electron chi connectivity index (χ4n) is 1.86. The van der Waals surface area contributed by atoms with Gasteiger partial charge in [0.25, 0.3) is 0 Å². The predicted octanol–water partition coefficient (Wildman–Crippen LogP) is 4.18.